The molecule has 1 N–H and O–H groups in total. The van der Waals surface area contributed by atoms with E-state index in [0.29, 0.717) is 13.2 Å². The van der Waals surface area contributed by atoms with Gasteiger partial charge in [0.1, 0.15) is 17.4 Å². The Kier molecular flexibility index (Phi) is 9.06. The maximum atomic E-state index is 12.9. The summed E-state index contributed by atoms with van der Waals surface area (Å²) in [5, 5.41) is 12.6. The highest BCUT2D eigenvalue weighted by molar-refractivity contribution is 6.01. The van der Waals surface area contributed by atoms with Gasteiger partial charge in [-0.1, -0.05) is 18.2 Å². The smallest absolute Gasteiger partial charge is 0.262 e. The van der Waals surface area contributed by atoms with Crippen LogP contribution in [0.4, 0.5) is 0 Å². The summed E-state index contributed by atoms with van der Waals surface area (Å²) in [6, 6.07) is 11.8. The van der Waals surface area contributed by atoms with Crippen molar-refractivity contribution in [2.24, 2.45) is 0 Å². The second-order valence-corrected chi connectivity index (χ2v) is 8.10. The highest BCUT2D eigenvalue weighted by Gasteiger charge is 2.21. The number of nitrogens with zero attached hydrogens (tertiary/aromatic N) is 3. The molecule has 1 aromatic heterocycles. The molecule has 2 rings (SSSR count). The third-order valence-electron chi connectivity index (χ3n) is 5.61. The summed E-state index contributed by atoms with van der Waals surface area (Å²) in [6.45, 7) is 7.00. The predicted octanol–water partition coefficient (Wildman–Crippen LogP) is 3.65. The maximum absolute atomic E-state index is 12.9. The molecule has 0 saturated heterocycles. The summed E-state index contributed by atoms with van der Waals surface area (Å²) in [7, 11) is 7.20. The van der Waals surface area contributed by atoms with E-state index in [-0.39, 0.29) is 17.7 Å². The fraction of sp³-hybridized carbons (Fsp3) is 0.440. The Hall–Kier alpha value is -3.08. The molecule has 0 bridgehead atoms. The molecule has 0 radical (unpaired) electrons. The number of carbonyl (C=O) groups is 1. The van der Waals surface area contributed by atoms with E-state index >= 15 is 0 Å². The van der Waals surface area contributed by atoms with Crippen LogP contribution in [0.2, 0.25) is 0 Å². The molecule has 0 aliphatic rings. The first-order valence-electron chi connectivity index (χ1n) is 10.6. The fourth-order valence-electron chi connectivity index (χ4n) is 4.04. The molecule has 0 aliphatic carbocycles. The molecule has 7 heteroatoms. The van der Waals surface area contributed by atoms with Crippen molar-refractivity contribution in [2.45, 2.75) is 32.9 Å². The number of nitrogens with one attached hydrogen (secondary N) is 1. The zero-order valence-corrected chi connectivity index (χ0v) is 20.1. The first-order valence-corrected chi connectivity index (χ1v) is 10.6. The summed E-state index contributed by atoms with van der Waals surface area (Å²) in [5.74, 6) is 0.359. The minimum atomic E-state index is -0.399. The van der Waals surface area contributed by atoms with Crippen LogP contribution in [0.3, 0.4) is 0 Å². The van der Waals surface area contributed by atoms with Crippen molar-refractivity contribution in [3.05, 3.63) is 58.4 Å². The molecule has 0 fully saturated rings. The molecule has 2 unspecified atom stereocenters. The number of hydrogen-bond donors (Lipinski definition) is 1. The first-order chi connectivity index (χ1) is 15.2. The van der Waals surface area contributed by atoms with Gasteiger partial charge in [-0.3, -0.25) is 4.79 Å². The van der Waals surface area contributed by atoms with Gasteiger partial charge >= 0.3 is 0 Å². The standard InChI is InChI=1S/C25H34N4O3/c1-17-12-20(19(3)29(17)18(2)16-31-6)13-21(14-26)25(30)27-15-23(28(4)5)22-10-8-9-11-24(22)32-7/h8-13,18,23H,15-16H2,1-7H3,(H,27,30)/b21-13+. The van der Waals surface area contributed by atoms with Crippen molar-refractivity contribution in [1.82, 2.24) is 14.8 Å². The fourth-order valence-corrected chi connectivity index (χ4v) is 4.04. The average molecular weight is 439 g/mol. The summed E-state index contributed by atoms with van der Waals surface area (Å²) in [5.41, 5.74) is 3.94. The van der Waals surface area contributed by atoms with Crippen LogP contribution in [-0.2, 0) is 9.53 Å². The van der Waals surface area contributed by atoms with Crippen molar-refractivity contribution in [1.29, 1.82) is 5.26 Å². The van der Waals surface area contributed by atoms with Crippen LogP contribution in [0.1, 0.15) is 41.5 Å². The predicted molar refractivity (Wildman–Crippen MR) is 127 cm³/mol. The van der Waals surface area contributed by atoms with Crippen LogP contribution in [0.15, 0.2) is 35.9 Å². The van der Waals surface area contributed by atoms with E-state index in [4.69, 9.17) is 9.47 Å². The number of ether oxygens (including phenoxy) is 2. The van der Waals surface area contributed by atoms with Crippen LogP contribution in [0.5, 0.6) is 5.75 Å². The summed E-state index contributed by atoms with van der Waals surface area (Å²) < 4.78 is 12.9. The molecule has 1 aromatic carbocycles. The van der Waals surface area contributed by atoms with Crippen molar-refractivity contribution >= 4 is 12.0 Å². The van der Waals surface area contributed by atoms with Gasteiger partial charge in [-0.25, -0.2) is 0 Å². The number of methoxy groups -OCH3 is 2. The van der Waals surface area contributed by atoms with Gasteiger partial charge in [-0.05, 0) is 58.6 Å². The summed E-state index contributed by atoms with van der Waals surface area (Å²) in [6.07, 6.45) is 1.65. The number of para-hydroxylation sites is 1. The average Bonchev–Trinajstić information content (AvgIpc) is 3.04. The number of carbonyl (C=O) groups excluding carboxylic acids is 1. The lowest BCUT2D eigenvalue weighted by Gasteiger charge is -2.26. The van der Waals surface area contributed by atoms with Gasteiger partial charge in [0.15, 0.2) is 0 Å². The summed E-state index contributed by atoms with van der Waals surface area (Å²) >= 11 is 0. The minimum absolute atomic E-state index is 0.0715. The highest BCUT2D eigenvalue weighted by atomic mass is 16.5. The number of benzene rings is 1. The third kappa shape index (κ3) is 5.78. The molecular formula is C25H34N4O3. The second-order valence-electron chi connectivity index (χ2n) is 8.10. The maximum Gasteiger partial charge on any atom is 0.262 e. The number of likely N-dealkylation sites (N-methyl/N-ethyl adjacent to an activating group) is 1. The Morgan fingerprint density at radius 2 is 1.97 bits per heavy atom. The van der Waals surface area contributed by atoms with Gasteiger partial charge in [0.2, 0.25) is 0 Å². The quantitative estimate of drug-likeness (QED) is 0.452. The molecule has 172 valence electrons. The van der Waals surface area contributed by atoms with E-state index in [0.717, 1.165) is 28.3 Å². The molecule has 7 nitrogen and oxygen atoms in total. The number of rotatable bonds is 10. The zero-order valence-electron chi connectivity index (χ0n) is 20.1. The number of aryl methyl sites for hydroxylation is 1. The second kappa shape index (κ2) is 11.5. The van der Waals surface area contributed by atoms with Gasteiger partial charge in [-0.2, -0.15) is 5.26 Å². The van der Waals surface area contributed by atoms with Gasteiger partial charge in [0.25, 0.3) is 5.91 Å². The zero-order chi connectivity index (χ0) is 23.8. The lowest BCUT2D eigenvalue weighted by molar-refractivity contribution is -0.117. The van der Waals surface area contributed by atoms with Crippen molar-refractivity contribution in [3.8, 4) is 11.8 Å². The van der Waals surface area contributed by atoms with E-state index in [2.05, 4.69) is 22.9 Å². The van der Waals surface area contributed by atoms with Crippen LogP contribution < -0.4 is 10.1 Å². The number of aromatic nitrogens is 1. The Balaban J connectivity index is 2.24. The van der Waals surface area contributed by atoms with Crippen LogP contribution in [0.25, 0.3) is 6.08 Å². The minimum Gasteiger partial charge on any atom is -0.496 e. The SMILES string of the molecule is COCC(C)n1c(C)cc(/C=C(\C#N)C(=O)NCC(c2ccccc2OC)N(C)C)c1C. The van der Waals surface area contributed by atoms with E-state index in [9.17, 15) is 10.1 Å². The van der Waals surface area contributed by atoms with E-state index < -0.39 is 5.91 Å². The number of nitriles is 1. The van der Waals surface area contributed by atoms with Crippen molar-refractivity contribution in [2.75, 3.05) is 41.5 Å². The van der Waals surface area contributed by atoms with Crippen LogP contribution >= 0.6 is 0 Å². The molecular weight excluding hydrogens is 404 g/mol. The first kappa shape index (κ1) is 25.2. The Labute approximate surface area is 191 Å². The monoisotopic (exact) mass is 438 g/mol. The van der Waals surface area contributed by atoms with E-state index in [1.54, 1.807) is 20.3 Å². The molecule has 0 saturated carbocycles. The lowest BCUT2D eigenvalue weighted by Crippen LogP contribution is -2.35. The van der Waals surface area contributed by atoms with E-state index in [1.807, 2.05) is 63.2 Å². The molecule has 0 spiro atoms. The highest BCUT2D eigenvalue weighted by Crippen LogP contribution is 2.27. The molecule has 1 heterocycles. The number of amides is 1. The molecule has 0 aliphatic heterocycles. The molecule has 2 atom stereocenters. The normalized spacial score (nSPS) is 13.5. The topological polar surface area (TPSA) is 79.5 Å². The van der Waals surface area contributed by atoms with Crippen molar-refractivity contribution in [3.63, 3.8) is 0 Å². The molecule has 2 aromatic rings. The van der Waals surface area contributed by atoms with Gasteiger partial charge < -0.3 is 24.3 Å². The van der Waals surface area contributed by atoms with Crippen LogP contribution in [-0.4, -0.2) is 56.8 Å². The van der Waals surface area contributed by atoms with Gasteiger partial charge in [0.05, 0.1) is 25.8 Å². The van der Waals surface area contributed by atoms with E-state index in [1.165, 1.54) is 0 Å². The van der Waals surface area contributed by atoms with Crippen molar-refractivity contribution < 1.29 is 14.3 Å². The lowest BCUT2D eigenvalue weighted by atomic mass is 10.0. The van der Waals surface area contributed by atoms with Gasteiger partial charge in [-0.15, -0.1) is 0 Å². The molecule has 32 heavy (non-hydrogen) atoms. The number of hydrogen-bond acceptors (Lipinski definition) is 5. The molecule has 1 amide bonds. The summed E-state index contributed by atoms with van der Waals surface area (Å²) in [4.78, 5) is 14.9. The Bertz CT molecular complexity index is 1000. The third-order valence-corrected chi connectivity index (χ3v) is 5.61. The van der Waals surface area contributed by atoms with Gasteiger partial charge in [0, 0.05) is 30.6 Å². The largest absolute Gasteiger partial charge is 0.496 e. The van der Waals surface area contributed by atoms with Crippen LogP contribution in [0, 0.1) is 25.2 Å². The Morgan fingerprint density at radius 3 is 2.56 bits per heavy atom. The Morgan fingerprint density at radius 1 is 1.28 bits per heavy atom.